The van der Waals surface area contributed by atoms with Gasteiger partial charge in [-0.25, -0.2) is 5.01 Å². The molecule has 3 aliphatic rings. The summed E-state index contributed by atoms with van der Waals surface area (Å²) in [6, 6.07) is -0.0543. The van der Waals surface area contributed by atoms with E-state index in [-0.39, 0.29) is 18.1 Å². The van der Waals surface area contributed by atoms with Crippen molar-refractivity contribution in [3.63, 3.8) is 0 Å². The van der Waals surface area contributed by atoms with Crippen LogP contribution < -0.4 is 0 Å². The zero-order chi connectivity index (χ0) is 11.8. The Morgan fingerprint density at radius 3 is 2.53 bits per heavy atom. The van der Waals surface area contributed by atoms with Crippen LogP contribution in [0.1, 0.15) is 51.4 Å². The monoisotopic (exact) mass is 236 g/mol. The zero-order valence-electron chi connectivity index (χ0n) is 10.1. The van der Waals surface area contributed by atoms with Crippen molar-refractivity contribution in [2.24, 2.45) is 11.0 Å². The molecule has 0 aromatic heterocycles. The Morgan fingerprint density at radius 2 is 1.88 bits per heavy atom. The smallest absolute Gasteiger partial charge is 0.248 e. The fourth-order valence-corrected chi connectivity index (χ4v) is 3.42. The Hall–Kier alpha value is -0.900. The minimum absolute atomic E-state index is 0.0543. The van der Waals surface area contributed by atoms with Crippen LogP contribution >= 0.6 is 0 Å². The van der Waals surface area contributed by atoms with Crippen molar-refractivity contribution in [3.8, 4) is 0 Å². The van der Waals surface area contributed by atoms with Gasteiger partial charge in [-0.15, -0.1) is 0 Å². The molecule has 0 aromatic carbocycles. The third kappa shape index (κ3) is 1.99. The van der Waals surface area contributed by atoms with Crippen LogP contribution in [-0.4, -0.2) is 33.9 Å². The lowest BCUT2D eigenvalue weighted by Crippen LogP contribution is -2.38. The molecule has 0 saturated heterocycles. The minimum Gasteiger partial charge on any atom is -0.391 e. The van der Waals surface area contributed by atoms with E-state index in [1.54, 1.807) is 5.01 Å². The van der Waals surface area contributed by atoms with E-state index in [1.807, 2.05) is 0 Å². The highest BCUT2D eigenvalue weighted by atomic mass is 16.3. The number of hydrazone groups is 1. The largest absolute Gasteiger partial charge is 0.391 e. The SMILES string of the molecule is O=C1CC(C2CCCC2)=NN1C1CCCC1O. The first-order valence-electron chi connectivity index (χ1n) is 6.83. The van der Waals surface area contributed by atoms with Gasteiger partial charge in [0.1, 0.15) is 0 Å². The number of amides is 1. The first-order valence-corrected chi connectivity index (χ1v) is 6.83. The van der Waals surface area contributed by atoms with Crippen LogP contribution in [0.15, 0.2) is 5.10 Å². The van der Waals surface area contributed by atoms with Gasteiger partial charge in [0.25, 0.3) is 0 Å². The van der Waals surface area contributed by atoms with E-state index in [0.717, 1.165) is 25.0 Å². The number of aliphatic hydroxyl groups is 1. The van der Waals surface area contributed by atoms with Crippen LogP contribution in [0.5, 0.6) is 0 Å². The zero-order valence-corrected chi connectivity index (χ0v) is 10.1. The van der Waals surface area contributed by atoms with Gasteiger partial charge in [-0.05, 0) is 38.0 Å². The van der Waals surface area contributed by atoms with Crippen molar-refractivity contribution < 1.29 is 9.90 Å². The topological polar surface area (TPSA) is 52.9 Å². The molecule has 2 aliphatic carbocycles. The molecule has 0 radical (unpaired) electrons. The van der Waals surface area contributed by atoms with E-state index >= 15 is 0 Å². The van der Waals surface area contributed by atoms with Crippen molar-refractivity contribution in [1.82, 2.24) is 5.01 Å². The molecular weight excluding hydrogens is 216 g/mol. The van der Waals surface area contributed by atoms with Crippen molar-refractivity contribution in [2.75, 3.05) is 0 Å². The highest BCUT2D eigenvalue weighted by Crippen LogP contribution is 2.33. The molecule has 4 heteroatoms. The lowest BCUT2D eigenvalue weighted by atomic mass is 10.00. The van der Waals surface area contributed by atoms with E-state index in [4.69, 9.17) is 0 Å². The second kappa shape index (κ2) is 4.41. The Balaban J connectivity index is 1.74. The number of hydrogen-bond acceptors (Lipinski definition) is 3. The molecule has 94 valence electrons. The highest BCUT2D eigenvalue weighted by Gasteiger charge is 2.39. The van der Waals surface area contributed by atoms with E-state index in [2.05, 4.69) is 5.10 Å². The Morgan fingerprint density at radius 1 is 1.12 bits per heavy atom. The summed E-state index contributed by atoms with van der Waals surface area (Å²) in [5.41, 5.74) is 1.08. The van der Waals surface area contributed by atoms with Crippen LogP contribution in [0.3, 0.4) is 0 Å². The minimum atomic E-state index is -0.370. The molecule has 1 N–H and O–H groups in total. The number of carbonyl (C=O) groups is 1. The maximum absolute atomic E-state index is 12.0. The molecule has 0 bridgehead atoms. The third-order valence-corrected chi connectivity index (χ3v) is 4.41. The summed E-state index contributed by atoms with van der Waals surface area (Å²) < 4.78 is 0. The Kier molecular flexibility index (Phi) is 2.90. The summed E-state index contributed by atoms with van der Waals surface area (Å²) >= 11 is 0. The number of aliphatic hydroxyl groups excluding tert-OH is 1. The quantitative estimate of drug-likeness (QED) is 0.793. The molecule has 3 rings (SSSR count). The molecule has 2 atom stereocenters. The van der Waals surface area contributed by atoms with Gasteiger partial charge in [-0.3, -0.25) is 4.79 Å². The second-order valence-corrected chi connectivity index (χ2v) is 5.55. The fourth-order valence-electron chi connectivity index (χ4n) is 3.42. The van der Waals surface area contributed by atoms with Crippen molar-refractivity contribution in [1.29, 1.82) is 0 Å². The normalized spacial score (nSPS) is 34.8. The molecule has 2 fully saturated rings. The van der Waals surface area contributed by atoms with Gasteiger partial charge in [0, 0.05) is 0 Å². The van der Waals surface area contributed by atoms with E-state index in [9.17, 15) is 9.90 Å². The predicted octanol–water partition coefficient (Wildman–Crippen LogP) is 1.68. The molecular formula is C13H20N2O2. The van der Waals surface area contributed by atoms with Gasteiger partial charge in [-0.2, -0.15) is 5.10 Å². The Labute approximate surface area is 102 Å². The maximum atomic E-state index is 12.0. The van der Waals surface area contributed by atoms with Crippen LogP contribution in [0.2, 0.25) is 0 Å². The standard InChI is InChI=1S/C13H20N2O2/c16-12-7-3-6-11(12)15-13(17)8-10(14-15)9-4-1-2-5-9/h9,11-12,16H,1-8H2. The number of hydrogen-bond donors (Lipinski definition) is 1. The van der Waals surface area contributed by atoms with E-state index < -0.39 is 0 Å². The van der Waals surface area contributed by atoms with Gasteiger partial charge >= 0.3 is 0 Å². The van der Waals surface area contributed by atoms with Gasteiger partial charge in [0.05, 0.1) is 24.3 Å². The lowest BCUT2D eigenvalue weighted by molar-refractivity contribution is -0.132. The summed E-state index contributed by atoms with van der Waals surface area (Å²) in [6.45, 7) is 0. The molecule has 0 aromatic rings. The van der Waals surface area contributed by atoms with Crippen LogP contribution in [0, 0.1) is 5.92 Å². The van der Waals surface area contributed by atoms with Crippen LogP contribution in [0.4, 0.5) is 0 Å². The summed E-state index contributed by atoms with van der Waals surface area (Å²) in [5, 5.41) is 16.0. The summed E-state index contributed by atoms with van der Waals surface area (Å²) in [4.78, 5) is 12.0. The third-order valence-electron chi connectivity index (χ3n) is 4.41. The van der Waals surface area contributed by atoms with Crippen molar-refractivity contribution in [2.45, 2.75) is 63.5 Å². The summed E-state index contributed by atoms with van der Waals surface area (Å²) in [5.74, 6) is 0.625. The van der Waals surface area contributed by atoms with Crippen molar-refractivity contribution in [3.05, 3.63) is 0 Å². The predicted molar refractivity (Wildman–Crippen MR) is 64.5 cm³/mol. The molecule has 17 heavy (non-hydrogen) atoms. The summed E-state index contributed by atoms with van der Waals surface area (Å²) in [7, 11) is 0. The van der Waals surface area contributed by atoms with E-state index in [0.29, 0.717) is 12.3 Å². The summed E-state index contributed by atoms with van der Waals surface area (Å²) in [6.07, 6.45) is 7.74. The Bertz CT molecular complexity index is 347. The molecule has 1 aliphatic heterocycles. The van der Waals surface area contributed by atoms with Crippen LogP contribution in [0.25, 0.3) is 0 Å². The average Bonchev–Trinajstić information content (AvgIpc) is 2.98. The van der Waals surface area contributed by atoms with Gasteiger partial charge in [0.2, 0.25) is 5.91 Å². The lowest BCUT2D eigenvalue weighted by Gasteiger charge is -2.22. The molecule has 2 unspecified atom stereocenters. The fraction of sp³-hybridized carbons (Fsp3) is 0.846. The molecule has 0 spiro atoms. The van der Waals surface area contributed by atoms with Gasteiger partial charge < -0.3 is 5.11 Å². The molecule has 1 heterocycles. The second-order valence-electron chi connectivity index (χ2n) is 5.55. The average molecular weight is 236 g/mol. The van der Waals surface area contributed by atoms with E-state index in [1.165, 1.54) is 25.7 Å². The number of carbonyl (C=O) groups excluding carboxylic acids is 1. The van der Waals surface area contributed by atoms with Crippen LogP contribution in [-0.2, 0) is 4.79 Å². The number of nitrogens with zero attached hydrogens (tertiary/aromatic N) is 2. The first-order chi connectivity index (χ1) is 8.25. The van der Waals surface area contributed by atoms with Gasteiger partial charge in [-0.1, -0.05) is 12.8 Å². The molecule has 4 nitrogen and oxygen atoms in total. The molecule has 2 saturated carbocycles. The maximum Gasteiger partial charge on any atom is 0.248 e. The van der Waals surface area contributed by atoms with Crippen molar-refractivity contribution >= 4 is 11.6 Å². The number of rotatable bonds is 2. The molecule has 1 amide bonds. The van der Waals surface area contributed by atoms with Gasteiger partial charge in [0.15, 0.2) is 0 Å². The highest BCUT2D eigenvalue weighted by molar-refractivity contribution is 6.06. The first kappa shape index (κ1) is 11.2.